The second kappa shape index (κ2) is 26.3. The third kappa shape index (κ3) is 14.5. The van der Waals surface area contributed by atoms with Crippen LogP contribution in [0.1, 0.15) is 78.2 Å². The van der Waals surface area contributed by atoms with Gasteiger partial charge >= 0.3 is 61.8 Å². The van der Waals surface area contributed by atoms with E-state index in [1.165, 1.54) is 0 Å². The summed E-state index contributed by atoms with van der Waals surface area (Å²) in [4.78, 5) is 0. The number of nitrogens with zero attached hydrogens (tertiary/aromatic N) is 3. The van der Waals surface area contributed by atoms with Crippen LogP contribution in [0.15, 0.2) is 206 Å². The highest BCUT2D eigenvalue weighted by atomic mass is 19.4. The first kappa shape index (κ1) is 77.6. The van der Waals surface area contributed by atoms with E-state index in [2.05, 4.69) is 0 Å². The molecule has 3 nitrogen and oxygen atoms in total. The molecule has 0 saturated heterocycles. The fraction of sp³-hybridized carbons (Fsp3) is 0.141. The van der Waals surface area contributed by atoms with Crippen molar-refractivity contribution in [3.05, 3.63) is 279 Å². The van der Waals surface area contributed by atoms with Crippen LogP contribution in [0, 0.1) is 11.3 Å². The van der Waals surface area contributed by atoms with Gasteiger partial charge in [0.2, 0.25) is 0 Å². The SMILES string of the molecule is N#Cc1cccc(-n2c3ccc(-c4ccc(C(F)(F)F)cc4C(F)(F)F)cc3c3cc(-c4ccc(C(F)(F)F)cc4C(F)(F)F)ccc32)c1C1=CC(c2ccc(C(F)(F)F)cc2C(F)(F)F)C=CC=C1n1c2ccc(-c3ccc(C(F)(F)F)cc3C(F)(F)F)cc2c2cc(-c3ccc(C(F)(F)F)cc3C(F)(F)F)ccc21. The van der Waals surface area contributed by atoms with Crippen LogP contribution in [0.25, 0.3) is 105 Å². The molecule has 0 bridgehead atoms. The van der Waals surface area contributed by atoms with Gasteiger partial charge in [0.25, 0.3) is 0 Å². The lowest BCUT2D eigenvalue weighted by atomic mass is 9.87. The average molecular weight is 1580 g/mol. The number of hydrogen-bond acceptors (Lipinski definition) is 1. The van der Waals surface area contributed by atoms with Crippen LogP contribution in [0.3, 0.4) is 0 Å². The van der Waals surface area contributed by atoms with Crippen LogP contribution < -0.4 is 0 Å². The topological polar surface area (TPSA) is 33.6 Å². The first-order valence-electron chi connectivity index (χ1n) is 31.6. The summed E-state index contributed by atoms with van der Waals surface area (Å²) < 4.78 is 442. The van der Waals surface area contributed by atoms with Gasteiger partial charge in [-0.3, -0.25) is 0 Å². The Labute approximate surface area is 601 Å². The van der Waals surface area contributed by atoms with Crippen LogP contribution in [-0.2, 0) is 61.8 Å². The predicted molar refractivity (Wildman–Crippen MR) is 347 cm³/mol. The van der Waals surface area contributed by atoms with E-state index in [-0.39, 0.29) is 93.5 Å². The highest BCUT2D eigenvalue weighted by Gasteiger charge is 2.45. The van der Waals surface area contributed by atoms with Crippen molar-refractivity contribution in [1.82, 2.24) is 9.13 Å². The standard InChI is InChI=1S/C78H35F30N3/c79-69(80,81)42-11-16-47(57(30-42)74(94,95)96)36-3-1-5-62(110-63-21-7-37(48-17-12-43(70(82,83)84)31-58(48)75(97,98)99)25-52(63)53-26-38(8-22-64(53)110)49-18-13-44(71(85,86)87)32-59(49)76(100,101)102)56(29-36)68-41(35-109)4-2-6-67(68)111-65-23-9-39(50-19-14-45(72(88,89)90)33-60(50)77(103,104)105)27-54(65)55-28-40(10-24-66(55)111)51-20-15-46(73(91,92)93)34-61(51)78(106,107)108/h1-34,36H. The van der Waals surface area contributed by atoms with Crippen LogP contribution in [0.2, 0.25) is 0 Å². The maximum absolute atomic E-state index is 15.5. The lowest BCUT2D eigenvalue weighted by molar-refractivity contribution is -0.145. The molecule has 0 saturated carbocycles. The van der Waals surface area contributed by atoms with E-state index >= 15 is 65.9 Å². The summed E-state index contributed by atoms with van der Waals surface area (Å²) in [5.41, 5.74) is -29.6. The quantitative estimate of drug-likeness (QED) is 0.140. The summed E-state index contributed by atoms with van der Waals surface area (Å²) in [6, 6.07) is 18.7. The summed E-state index contributed by atoms with van der Waals surface area (Å²) in [5, 5.41) is 9.86. The Morgan fingerprint density at radius 2 is 0.595 bits per heavy atom. The zero-order valence-corrected chi connectivity index (χ0v) is 54.4. The van der Waals surface area contributed by atoms with Crippen molar-refractivity contribution in [1.29, 1.82) is 5.26 Å². The van der Waals surface area contributed by atoms with Crippen molar-refractivity contribution in [3.8, 4) is 56.3 Å². The Morgan fingerprint density at radius 1 is 0.297 bits per heavy atom. The normalized spacial score (nSPS) is 14.7. The molecule has 1 unspecified atom stereocenters. The van der Waals surface area contributed by atoms with E-state index in [4.69, 9.17) is 0 Å². The summed E-state index contributed by atoms with van der Waals surface area (Å²) in [6.07, 6.45) is -51.1. The molecule has 0 aliphatic heterocycles. The van der Waals surface area contributed by atoms with Gasteiger partial charge in [0.15, 0.2) is 0 Å². The van der Waals surface area contributed by atoms with Gasteiger partial charge in [-0.05, 0) is 177 Å². The van der Waals surface area contributed by atoms with Crippen LogP contribution in [-0.4, -0.2) is 9.13 Å². The van der Waals surface area contributed by atoms with E-state index in [0.717, 1.165) is 124 Å². The predicted octanol–water partition coefficient (Wildman–Crippen LogP) is 27.9. The highest BCUT2D eigenvalue weighted by molar-refractivity contribution is 6.18. The van der Waals surface area contributed by atoms with Gasteiger partial charge in [-0.25, -0.2) is 0 Å². The minimum absolute atomic E-state index is 0.235. The summed E-state index contributed by atoms with van der Waals surface area (Å²) in [5.74, 6) is -1.99. The van der Waals surface area contributed by atoms with E-state index < -0.39 is 212 Å². The monoisotopic (exact) mass is 1580 g/mol. The Balaban J connectivity index is 1.15. The molecule has 572 valence electrons. The summed E-state index contributed by atoms with van der Waals surface area (Å²) >= 11 is 0. The third-order valence-corrected chi connectivity index (χ3v) is 18.5. The molecule has 1 aliphatic carbocycles. The fourth-order valence-corrected chi connectivity index (χ4v) is 13.7. The van der Waals surface area contributed by atoms with Crippen molar-refractivity contribution < 1.29 is 132 Å². The Morgan fingerprint density at radius 3 is 0.892 bits per heavy atom. The molecule has 0 spiro atoms. The molecule has 13 rings (SSSR count). The molecule has 0 radical (unpaired) electrons. The van der Waals surface area contributed by atoms with Gasteiger partial charge in [-0.2, -0.15) is 137 Å². The Bertz CT molecular complexity index is 5670. The molecule has 111 heavy (non-hydrogen) atoms. The number of hydrogen-bond donors (Lipinski definition) is 0. The average Bonchev–Trinajstić information content (AvgIpc) is 1.57. The molecule has 2 heterocycles. The van der Waals surface area contributed by atoms with Gasteiger partial charge in [0.1, 0.15) is 0 Å². The number of benzene rings is 10. The number of halogens is 30. The molecule has 12 aromatic rings. The van der Waals surface area contributed by atoms with Crippen molar-refractivity contribution in [2.24, 2.45) is 0 Å². The van der Waals surface area contributed by atoms with Gasteiger partial charge < -0.3 is 9.13 Å². The van der Waals surface area contributed by atoms with Crippen molar-refractivity contribution in [3.63, 3.8) is 0 Å². The van der Waals surface area contributed by atoms with Crippen molar-refractivity contribution in [2.45, 2.75) is 67.7 Å². The second-order valence-electron chi connectivity index (χ2n) is 25.3. The highest BCUT2D eigenvalue weighted by Crippen LogP contribution is 2.53. The van der Waals surface area contributed by atoms with Gasteiger partial charge in [-0.15, -0.1) is 0 Å². The molecule has 0 amide bonds. The number of alkyl halides is 30. The molecule has 0 fully saturated rings. The number of fused-ring (bicyclic) bond motifs is 6. The summed E-state index contributed by atoms with van der Waals surface area (Å²) in [7, 11) is 0. The maximum Gasteiger partial charge on any atom is 0.417 e. The van der Waals surface area contributed by atoms with E-state index in [0.29, 0.717) is 30.3 Å². The Hall–Kier alpha value is -11.6. The molecule has 1 aliphatic rings. The summed E-state index contributed by atoms with van der Waals surface area (Å²) in [6.45, 7) is 0. The van der Waals surface area contributed by atoms with E-state index in [1.54, 1.807) is 0 Å². The lowest BCUT2D eigenvalue weighted by Gasteiger charge is -2.23. The van der Waals surface area contributed by atoms with Crippen LogP contribution in [0.4, 0.5) is 132 Å². The number of nitriles is 1. The van der Waals surface area contributed by atoms with Crippen LogP contribution in [0.5, 0.6) is 0 Å². The Kier molecular flexibility index (Phi) is 18.4. The minimum Gasteiger partial charge on any atom is -0.309 e. The largest absolute Gasteiger partial charge is 0.417 e. The lowest BCUT2D eigenvalue weighted by Crippen LogP contribution is -2.15. The first-order chi connectivity index (χ1) is 51.3. The van der Waals surface area contributed by atoms with E-state index in [1.807, 2.05) is 6.07 Å². The van der Waals surface area contributed by atoms with Crippen molar-refractivity contribution in [2.75, 3.05) is 0 Å². The van der Waals surface area contributed by atoms with Gasteiger partial charge in [0, 0.05) is 38.6 Å². The fourth-order valence-electron chi connectivity index (χ4n) is 13.7. The molecule has 33 heteroatoms. The minimum atomic E-state index is -5.68. The molecule has 2 aromatic heterocycles. The second-order valence-corrected chi connectivity index (χ2v) is 25.3. The molecule has 0 N–H and O–H groups in total. The molecule has 1 atom stereocenters. The molecule has 10 aromatic carbocycles. The zero-order chi connectivity index (χ0) is 81.0. The molecular formula is C78H35F30N3. The smallest absolute Gasteiger partial charge is 0.309 e. The number of allylic oxidation sites excluding steroid dienone is 6. The van der Waals surface area contributed by atoms with Gasteiger partial charge in [0.05, 0.1) is 101 Å². The zero-order valence-electron chi connectivity index (χ0n) is 54.4. The number of aromatic nitrogens is 2. The van der Waals surface area contributed by atoms with Gasteiger partial charge in [-0.1, -0.05) is 78.9 Å². The first-order valence-corrected chi connectivity index (χ1v) is 31.6. The maximum atomic E-state index is 15.5. The molecular weight excluding hydrogens is 1550 g/mol. The third-order valence-electron chi connectivity index (χ3n) is 18.5. The van der Waals surface area contributed by atoms with Crippen LogP contribution >= 0.6 is 0 Å². The number of rotatable bonds is 8. The van der Waals surface area contributed by atoms with E-state index in [9.17, 15) is 71.1 Å². The van der Waals surface area contributed by atoms with Crippen molar-refractivity contribution >= 4 is 54.9 Å².